The molecule has 1 saturated heterocycles. The maximum atomic E-state index is 6.01. The molecule has 2 aromatic rings. The molecule has 0 unspecified atom stereocenters. The number of nitrogens with one attached hydrogen (secondary N) is 1. The van der Waals surface area contributed by atoms with E-state index in [1.165, 1.54) is 12.8 Å². The first kappa shape index (κ1) is 16.6. The van der Waals surface area contributed by atoms with E-state index in [2.05, 4.69) is 10.3 Å². The number of hydrogen-bond acceptors (Lipinski definition) is 5. The summed E-state index contributed by atoms with van der Waals surface area (Å²) in [4.78, 5) is 4.49. The summed E-state index contributed by atoms with van der Waals surface area (Å²) >= 11 is 0. The standard InChI is InChI=1S/C19H24N2O3/c1-14-9-10-18(23-13-15-6-5-11-20-12-15)19(21-14)24-17-8-4-3-7-16(17)22-2/h3-4,7-10,15,20H,5-6,11-13H2,1-2H3/t15-/m0/s1. The molecule has 2 heterocycles. The lowest BCUT2D eigenvalue weighted by Crippen LogP contribution is -2.33. The van der Waals surface area contributed by atoms with Crippen LogP contribution < -0.4 is 19.5 Å². The number of para-hydroxylation sites is 2. The molecule has 1 aromatic heterocycles. The lowest BCUT2D eigenvalue weighted by atomic mass is 10.0. The van der Waals surface area contributed by atoms with Gasteiger partial charge in [-0.1, -0.05) is 12.1 Å². The van der Waals surface area contributed by atoms with Gasteiger partial charge < -0.3 is 19.5 Å². The molecule has 24 heavy (non-hydrogen) atoms. The highest BCUT2D eigenvalue weighted by molar-refractivity contribution is 5.44. The summed E-state index contributed by atoms with van der Waals surface area (Å²) in [6.45, 7) is 4.71. The number of benzene rings is 1. The van der Waals surface area contributed by atoms with E-state index in [4.69, 9.17) is 14.2 Å². The van der Waals surface area contributed by atoms with Crippen molar-refractivity contribution >= 4 is 0 Å². The van der Waals surface area contributed by atoms with Crippen molar-refractivity contribution in [3.8, 4) is 23.1 Å². The van der Waals surface area contributed by atoms with Crippen LogP contribution in [0.2, 0.25) is 0 Å². The first-order valence-electron chi connectivity index (χ1n) is 8.38. The smallest absolute Gasteiger partial charge is 0.262 e. The molecular weight excluding hydrogens is 304 g/mol. The van der Waals surface area contributed by atoms with Gasteiger partial charge in [0, 0.05) is 18.2 Å². The van der Waals surface area contributed by atoms with Gasteiger partial charge >= 0.3 is 0 Å². The molecule has 1 fully saturated rings. The third kappa shape index (κ3) is 4.17. The van der Waals surface area contributed by atoms with E-state index in [0.717, 1.165) is 18.8 Å². The molecule has 1 atom stereocenters. The van der Waals surface area contributed by atoms with Gasteiger partial charge in [-0.2, -0.15) is 0 Å². The second-order valence-electron chi connectivity index (χ2n) is 6.03. The summed E-state index contributed by atoms with van der Waals surface area (Å²) in [5, 5.41) is 3.41. The molecule has 5 heteroatoms. The van der Waals surface area contributed by atoms with Gasteiger partial charge in [-0.15, -0.1) is 0 Å². The predicted octanol–water partition coefficient (Wildman–Crippen LogP) is 3.57. The van der Waals surface area contributed by atoms with Crippen LogP contribution in [-0.2, 0) is 0 Å². The summed E-state index contributed by atoms with van der Waals surface area (Å²) in [6, 6.07) is 11.4. The Morgan fingerprint density at radius 1 is 1.12 bits per heavy atom. The Labute approximate surface area is 143 Å². The van der Waals surface area contributed by atoms with Crippen LogP contribution in [-0.4, -0.2) is 31.8 Å². The van der Waals surface area contributed by atoms with Crippen LogP contribution in [0.1, 0.15) is 18.5 Å². The Kier molecular flexibility index (Phi) is 5.54. The van der Waals surface area contributed by atoms with Crippen molar-refractivity contribution < 1.29 is 14.2 Å². The quantitative estimate of drug-likeness (QED) is 0.878. The third-order valence-corrected chi connectivity index (χ3v) is 4.11. The van der Waals surface area contributed by atoms with Gasteiger partial charge in [0.05, 0.1) is 13.7 Å². The number of rotatable bonds is 6. The number of aromatic nitrogens is 1. The van der Waals surface area contributed by atoms with Crippen molar-refractivity contribution in [1.29, 1.82) is 0 Å². The highest BCUT2D eigenvalue weighted by atomic mass is 16.5. The largest absolute Gasteiger partial charge is 0.493 e. The Morgan fingerprint density at radius 3 is 2.71 bits per heavy atom. The van der Waals surface area contributed by atoms with Gasteiger partial charge in [-0.25, -0.2) is 4.98 Å². The predicted molar refractivity (Wildman–Crippen MR) is 93.1 cm³/mol. The van der Waals surface area contributed by atoms with Crippen molar-refractivity contribution in [2.75, 3.05) is 26.8 Å². The number of methoxy groups -OCH3 is 1. The fraction of sp³-hybridized carbons (Fsp3) is 0.421. The fourth-order valence-corrected chi connectivity index (χ4v) is 2.78. The van der Waals surface area contributed by atoms with Gasteiger partial charge in [0.1, 0.15) is 0 Å². The molecule has 1 aliphatic rings. The normalized spacial score (nSPS) is 17.3. The molecule has 0 saturated carbocycles. The van der Waals surface area contributed by atoms with Crippen LogP contribution in [0.5, 0.6) is 23.1 Å². The monoisotopic (exact) mass is 328 g/mol. The minimum atomic E-state index is 0.475. The van der Waals surface area contributed by atoms with E-state index in [-0.39, 0.29) is 0 Å². The highest BCUT2D eigenvalue weighted by Gasteiger charge is 2.16. The summed E-state index contributed by atoms with van der Waals surface area (Å²) in [6.07, 6.45) is 2.39. The van der Waals surface area contributed by atoms with Crippen LogP contribution in [0.15, 0.2) is 36.4 Å². The zero-order valence-electron chi connectivity index (χ0n) is 14.2. The molecule has 0 aliphatic carbocycles. The van der Waals surface area contributed by atoms with Crippen LogP contribution >= 0.6 is 0 Å². The zero-order valence-corrected chi connectivity index (χ0v) is 14.2. The SMILES string of the molecule is COc1ccccc1Oc1nc(C)ccc1OC[C@H]1CCCNC1. The van der Waals surface area contributed by atoms with Crippen molar-refractivity contribution in [2.45, 2.75) is 19.8 Å². The third-order valence-electron chi connectivity index (χ3n) is 4.11. The number of hydrogen-bond donors (Lipinski definition) is 1. The molecule has 0 bridgehead atoms. The molecule has 1 aliphatic heterocycles. The molecule has 5 nitrogen and oxygen atoms in total. The number of piperidine rings is 1. The molecule has 0 radical (unpaired) electrons. The average molecular weight is 328 g/mol. The van der Waals surface area contributed by atoms with E-state index in [1.54, 1.807) is 7.11 Å². The van der Waals surface area contributed by atoms with Gasteiger partial charge in [-0.05, 0) is 50.6 Å². The second kappa shape index (κ2) is 8.02. The lowest BCUT2D eigenvalue weighted by molar-refractivity contribution is 0.211. The number of aryl methyl sites for hydroxylation is 1. The van der Waals surface area contributed by atoms with Gasteiger partial charge in [-0.3, -0.25) is 0 Å². The van der Waals surface area contributed by atoms with Crippen LogP contribution in [0.3, 0.4) is 0 Å². The van der Waals surface area contributed by atoms with Crippen molar-refractivity contribution in [2.24, 2.45) is 5.92 Å². The van der Waals surface area contributed by atoms with Gasteiger partial charge in [0.2, 0.25) is 0 Å². The lowest BCUT2D eigenvalue weighted by Gasteiger charge is -2.23. The highest BCUT2D eigenvalue weighted by Crippen LogP contribution is 2.35. The average Bonchev–Trinajstić information content (AvgIpc) is 2.62. The first-order chi connectivity index (χ1) is 11.8. The Morgan fingerprint density at radius 2 is 1.96 bits per heavy atom. The fourth-order valence-electron chi connectivity index (χ4n) is 2.78. The summed E-state index contributed by atoms with van der Waals surface area (Å²) in [5.74, 6) is 2.96. The second-order valence-corrected chi connectivity index (χ2v) is 6.03. The summed E-state index contributed by atoms with van der Waals surface area (Å²) < 4.78 is 17.3. The number of pyridine rings is 1. The van der Waals surface area contributed by atoms with Gasteiger partial charge in [0.25, 0.3) is 5.88 Å². The Balaban J connectivity index is 1.75. The van der Waals surface area contributed by atoms with Crippen LogP contribution in [0.4, 0.5) is 0 Å². The van der Waals surface area contributed by atoms with E-state index in [1.807, 2.05) is 43.3 Å². The number of ether oxygens (including phenoxy) is 3. The summed E-state index contributed by atoms with van der Waals surface area (Å²) in [5.41, 5.74) is 0.881. The van der Waals surface area contributed by atoms with E-state index in [0.29, 0.717) is 35.7 Å². The minimum Gasteiger partial charge on any atom is -0.493 e. The zero-order chi connectivity index (χ0) is 16.8. The van der Waals surface area contributed by atoms with Crippen molar-refractivity contribution in [1.82, 2.24) is 10.3 Å². The van der Waals surface area contributed by atoms with E-state index < -0.39 is 0 Å². The maximum absolute atomic E-state index is 6.01. The van der Waals surface area contributed by atoms with Gasteiger partial charge in [0.15, 0.2) is 17.2 Å². The molecule has 1 aromatic carbocycles. The van der Waals surface area contributed by atoms with E-state index in [9.17, 15) is 0 Å². The number of nitrogens with zero attached hydrogens (tertiary/aromatic N) is 1. The van der Waals surface area contributed by atoms with Crippen LogP contribution in [0, 0.1) is 12.8 Å². The molecule has 1 N–H and O–H groups in total. The molecule has 0 amide bonds. The molecule has 0 spiro atoms. The maximum Gasteiger partial charge on any atom is 0.262 e. The van der Waals surface area contributed by atoms with Crippen molar-refractivity contribution in [3.63, 3.8) is 0 Å². The molecule has 3 rings (SSSR count). The Hall–Kier alpha value is -2.27. The minimum absolute atomic E-state index is 0.475. The molecular formula is C19H24N2O3. The van der Waals surface area contributed by atoms with Crippen molar-refractivity contribution in [3.05, 3.63) is 42.1 Å². The van der Waals surface area contributed by atoms with E-state index >= 15 is 0 Å². The Bertz CT molecular complexity index is 669. The summed E-state index contributed by atoms with van der Waals surface area (Å²) in [7, 11) is 1.62. The molecule has 128 valence electrons. The topological polar surface area (TPSA) is 52.6 Å². The van der Waals surface area contributed by atoms with Crippen LogP contribution in [0.25, 0.3) is 0 Å². The first-order valence-corrected chi connectivity index (χ1v) is 8.38.